The normalized spacial score (nSPS) is 12.2. The van der Waals surface area contributed by atoms with Gasteiger partial charge in [-0.15, -0.1) is 0 Å². The Labute approximate surface area is 195 Å². The Morgan fingerprint density at radius 2 is 1.76 bits per heavy atom. The molecule has 0 saturated carbocycles. The number of nitrogens with zero attached hydrogens (tertiary/aromatic N) is 2. The second kappa shape index (κ2) is 8.68. The number of imidazole rings is 1. The van der Waals surface area contributed by atoms with Gasteiger partial charge >= 0.3 is 6.18 Å². The number of hydrogen-bond acceptors (Lipinski definition) is 4. The number of halogens is 3. The molecule has 0 aliphatic rings. The number of benzene rings is 3. The molecule has 0 fully saturated rings. The second-order valence-corrected chi connectivity index (χ2v) is 9.60. The predicted octanol–water partition coefficient (Wildman–Crippen LogP) is 5.53. The maximum absolute atomic E-state index is 13.1. The van der Waals surface area contributed by atoms with Gasteiger partial charge in [0.2, 0.25) is 0 Å². The first-order valence-electron chi connectivity index (χ1n) is 10.3. The number of nitrogens with one attached hydrogen (secondary N) is 1. The first kappa shape index (κ1) is 23.6. The molecule has 1 N–H and O–H groups in total. The summed E-state index contributed by atoms with van der Waals surface area (Å²) in [6.45, 7) is 4.06. The molecule has 0 aliphatic carbocycles. The molecule has 0 radical (unpaired) electrons. The molecule has 1 aromatic heterocycles. The van der Waals surface area contributed by atoms with Gasteiger partial charge in [-0.3, -0.25) is 4.72 Å². The highest BCUT2D eigenvalue weighted by atomic mass is 32.2. The van der Waals surface area contributed by atoms with E-state index in [0.717, 1.165) is 35.1 Å². The fraction of sp³-hybridized carbons (Fsp3) is 0.208. The minimum Gasteiger partial charge on any atom is -0.497 e. The van der Waals surface area contributed by atoms with E-state index in [1.807, 2.05) is 41.8 Å². The zero-order valence-corrected chi connectivity index (χ0v) is 19.5. The van der Waals surface area contributed by atoms with Crippen LogP contribution in [0.5, 0.6) is 5.75 Å². The van der Waals surface area contributed by atoms with Crippen LogP contribution in [0.2, 0.25) is 0 Å². The lowest BCUT2D eigenvalue weighted by molar-refractivity contribution is -0.137. The van der Waals surface area contributed by atoms with Crippen molar-refractivity contribution in [2.75, 3.05) is 11.8 Å². The van der Waals surface area contributed by atoms with Crippen molar-refractivity contribution < 1.29 is 26.3 Å². The Morgan fingerprint density at radius 3 is 2.41 bits per heavy atom. The van der Waals surface area contributed by atoms with Crippen LogP contribution in [0.25, 0.3) is 11.0 Å². The highest BCUT2D eigenvalue weighted by molar-refractivity contribution is 7.92. The topological polar surface area (TPSA) is 73.2 Å². The quantitative estimate of drug-likeness (QED) is 0.387. The molecule has 3 aromatic carbocycles. The van der Waals surface area contributed by atoms with Crippen molar-refractivity contribution in [2.45, 2.75) is 31.5 Å². The highest BCUT2D eigenvalue weighted by Crippen LogP contribution is 2.33. The Hall–Kier alpha value is -3.53. The summed E-state index contributed by atoms with van der Waals surface area (Å²) in [6, 6.07) is 13.1. The number of hydrogen-bond donors (Lipinski definition) is 1. The maximum Gasteiger partial charge on any atom is 0.416 e. The Balaban J connectivity index is 1.73. The van der Waals surface area contributed by atoms with Crippen LogP contribution in [0.3, 0.4) is 0 Å². The molecule has 0 saturated heterocycles. The van der Waals surface area contributed by atoms with Crippen molar-refractivity contribution in [1.82, 2.24) is 9.55 Å². The number of aryl methyl sites for hydroxylation is 1. The average molecular weight is 490 g/mol. The van der Waals surface area contributed by atoms with Gasteiger partial charge in [-0.05, 0) is 66.9 Å². The first-order chi connectivity index (χ1) is 16.0. The molecule has 10 heteroatoms. The van der Waals surface area contributed by atoms with E-state index in [2.05, 4.69) is 9.71 Å². The number of ether oxygens (including phenoxy) is 1. The van der Waals surface area contributed by atoms with Crippen molar-refractivity contribution in [1.29, 1.82) is 0 Å². The van der Waals surface area contributed by atoms with Gasteiger partial charge < -0.3 is 9.30 Å². The van der Waals surface area contributed by atoms with Crippen LogP contribution in [-0.4, -0.2) is 25.1 Å². The third-order valence-corrected chi connectivity index (χ3v) is 7.00. The molecule has 0 atom stereocenters. The SMILES string of the molecule is COc1ccc(Cn2cnc3c(NS(=O)(=O)c4cccc(C(F)(F)F)c4)c(C)c(C)cc32)cc1. The molecular formula is C24H22F3N3O3S. The molecule has 0 bridgehead atoms. The molecule has 1 heterocycles. The molecule has 4 aromatic rings. The van der Waals surface area contributed by atoms with Crippen LogP contribution in [0.15, 0.2) is 65.8 Å². The summed E-state index contributed by atoms with van der Waals surface area (Å²) in [6.07, 6.45) is -3.05. The highest BCUT2D eigenvalue weighted by Gasteiger charge is 2.32. The summed E-state index contributed by atoms with van der Waals surface area (Å²) in [5, 5.41) is 0. The molecule has 0 amide bonds. The van der Waals surface area contributed by atoms with Crippen LogP contribution >= 0.6 is 0 Å². The van der Waals surface area contributed by atoms with Crippen LogP contribution in [0.1, 0.15) is 22.3 Å². The summed E-state index contributed by atoms with van der Waals surface area (Å²) in [5.41, 5.74) is 2.74. The van der Waals surface area contributed by atoms with Crippen molar-refractivity contribution in [3.05, 3.63) is 83.2 Å². The zero-order chi connectivity index (χ0) is 24.7. The van der Waals surface area contributed by atoms with Crippen molar-refractivity contribution in [3.8, 4) is 5.75 Å². The molecule has 178 valence electrons. The number of fused-ring (bicyclic) bond motifs is 1. The third kappa shape index (κ3) is 4.58. The lowest BCUT2D eigenvalue weighted by Crippen LogP contribution is -2.16. The monoisotopic (exact) mass is 489 g/mol. The van der Waals surface area contributed by atoms with E-state index in [-0.39, 0.29) is 5.69 Å². The van der Waals surface area contributed by atoms with E-state index < -0.39 is 26.7 Å². The third-order valence-electron chi connectivity index (χ3n) is 5.65. The van der Waals surface area contributed by atoms with Gasteiger partial charge in [0.1, 0.15) is 11.3 Å². The minimum absolute atomic E-state index is 0.237. The molecule has 0 unspecified atom stereocenters. The fourth-order valence-electron chi connectivity index (χ4n) is 3.64. The molecule has 6 nitrogen and oxygen atoms in total. The largest absolute Gasteiger partial charge is 0.497 e. The van der Waals surface area contributed by atoms with Gasteiger partial charge in [0, 0.05) is 6.54 Å². The van der Waals surface area contributed by atoms with E-state index in [0.29, 0.717) is 29.2 Å². The lowest BCUT2D eigenvalue weighted by Gasteiger charge is -2.15. The molecular weight excluding hydrogens is 467 g/mol. The summed E-state index contributed by atoms with van der Waals surface area (Å²) in [5.74, 6) is 0.733. The van der Waals surface area contributed by atoms with Crippen molar-refractivity contribution >= 4 is 26.7 Å². The fourth-order valence-corrected chi connectivity index (χ4v) is 4.81. The van der Waals surface area contributed by atoms with E-state index in [9.17, 15) is 21.6 Å². The smallest absolute Gasteiger partial charge is 0.416 e. The van der Waals surface area contributed by atoms with Gasteiger partial charge in [0.05, 0.1) is 35.1 Å². The van der Waals surface area contributed by atoms with Gasteiger partial charge in [0.25, 0.3) is 10.0 Å². The number of alkyl halides is 3. The summed E-state index contributed by atoms with van der Waals surface area (Å²) in [7, 11) is -2.71. The van der Waals surface area contributed by atoms with E-state index in [4.69, 9.17) is 4.74 Å². The van der Waals surface area contributed by atoms with Crippen LogP contribution in [0.4, 0.5) is 18.9 Å². The van der Waals surface area contributed by atoms with Crippen LogP contribution in [0, 0.1) is 13.8 Å². The van der Waals surface area contributed by atoms with E-state index in [1.54, 1.807) is 20.4 Å². The van der Waals surface area contributed by atoms with E-state index >= 15 is 0 Å². The first-order valence-corrected chi connectivity index (χ1v) is 11.8. The molecule has 34 heavy (non-hydrogen) atoms. The number of aromatic nitrogens is 2. The van der Waals surface area contributed by atoms with Crippen molar-refractivity contribution in [3.63, 3.8) is 0 Å². The van der Waals surface area contributed by atoms with Gasteiger partial charge in [0.15, 0.2) is 0 Å². The van der Waals surface area contributed by atoms with E-state index in [1.165, 1.54) is 0 Å². The van der Waals surface area contributed by atoms with Gasteiger partial charge in [-0.1, -0.05) is 18.2 Å². The van der Waals surface area contributed by atoms with Crippen molar-refractivity contribution in [2.24, 2.45) is 0 Å². The molecule has 4 rings (SSSR count). The Kier molecular flexibility index (Phi) is 6.03. The number of sulfonamides is 1. The summed E-state index contributed by atoms with van der Waals surface area (Å²) < 4.78 is 74.9. The Morgan fingerprint density at radius 1 is 1.06 bits per heavy atom. The van der Waals surface area contributed by atoms with Crippen LogP contribution < -0.4 is 9.46 Å². The number of anilines is 1. The summed E-state index contributed by atoms with van der Waals surface area (Å²) in [4.78, 5) is 3.94. The summed E-state index contributed by atoms with van der Waals surface area (Å²) >= 11 is 0. The number of methoxy groups -OCH3 is 1. The van der Waals surface area contributed by atoms with Gasteiger partial charge in [-0.2, -0.15) is 13.2 Å². The molecule has 0 spiro atoms. The maximum atomic E-state index is 13.1. The lowest BCUT2D eigenvalue weighted by atomic mass is 10.1. The Bertz CT molecular complexity index is 1460. The number of rotatable bonds is 6. The predicted molar refractivity (Wildman–Crippen MR) is 124 cm³/mol. The average Bonchev–Trinajstić information content (AvgIpc) is 3.19. The zero-order valence-electron chi connectivity index (χ0n) is 18.6. The second-order valence-electron chi connectivity index (χ2n) is 7.91. The minimum atomic E-state index is -4.65. The van der Waals surface area contributed by atoms with Gasteiger partial charge in [-0.25, -0.2) is 13.4 Å². The van der Waals surface area contributed by atoms with Crippen LogP contribution in [-0.2, 0) is 22.7 Å². The standard InChI is InChI=1S/C24H22F3N3O3S/c1-15-11-21-23(28-14-30(21)13-17-7-9-19(33-3)10-8-17)22(16(15)2)29-34(31,32)20-6-4-5-18(12-20)24(25,26)27/h4-12,14,29H,13H2,1-3H3. The molecule has 0 aliphatic heterocycles.